The smallest absolute Gasteiger partial charge is 0.240 e. The fourth-order valence-electron chi connectivity index (χ4n) is 3.54. The second-order valence-corrected chi connectivity index (χ2v) is 6.37. The van der Waals surface area contributed by atoms with Crippen molar-refractivity contribution >= 4 is 5.91 Å². The maximum absolute atomic E-state index is 12.4. The molecule has 0 bridgehead atoms. The number of rotatable bonds is 2. The zero-order chi connectivity index (χ0) is 14.0. The lowest BCUT2D eigenvalue weighted by atomic mass is 9.83. The third-order valence-electron chi connectivity index (χ3n) is 4.73. The minimum Gasteiger partial charge on any atom is -0.341 e. The van der Waals surface area contributed by atoms with Crippen LogP contribution in [0.25, 0.3) is 0 Å². The maximum atomic E-state index is 12.4. The van der Waals surface area contributed by atoms with Crippen LogP contribution in [0.3, 0.4) is 0 Å². The highest BCUT2D eigenvalue weighted by Gasteiger charge is 2.37. The molecule has 0 radical (unpaired) electrons. The normalized spacial score (nSPS) is 29.7. The zero-order valence-electron chi connectivity index (χ0n) is 12.3. The van der Waals surface area contributed by atoms with Crippen molar-refractivity contribution in [2.45, 2.75) is 39.2 Å². The van der Waals surface area contributed by atoms with Crippen LogP contribution in [0.15, 0.2) is 0 Å². The number of nitrogens with zero attached hydrogens (tertiary/aromatic N) is 3. The molecule has 106 valence electrons. The lowest BCUT2D eigenvalue weighted by molar-refractivity contribution is -0.138. The average molecular weight is 263 g/mol. The van der Waals surface area contributed by atoms with E-state index in [1.165, 1.54) is 19.4 Å². The summed E-state index contributed by atoms with van der Waals surface area (Å²) < 4.78 is 0. The number of amides is 1. The molecule has 0 aromatic heterocycles. The quantitative estimate of drug-likeness (QED) is 0.762. The van der Waals surface area contributed by atoms with Gasteiger partial charge in [-0.15, -0.1) is 0 Å². The van der Waals surface area contributed by atoms with Crippen molar-refractivity contribution in [3.05, 3.63) is 0 Å². The third kappa shape index (κ3) is 2.92. The minimum atomic E-state index is -0.474. The van der Waals surface area contributed by atoms with Crippen LogP contribution in [0.2, 0.25) is 0 Å². The van der Waals surface area contributed by atoms with Crippen LogP contribution in [0, 0.1) is 29.1 Å². The van der Waals surface area contributed by atoms with E-state index in [0.717, 1.165) is 19.5 Å². The molecule has 3 unspecified atom stereocenters. The molecule has 2 heterocycles. The SMILES string of the molecule is CC(C)C(C#N)C(=O)N1CCC2C(CCCN2C)C1. The summed E-state index contributed by atoms with van der Waals surface area (Å²) in [7, 11) is 2.19. The number of hydrogen-bond acceptors (Lipinski definition) is 3. The molecule has 0 aromatic carbocycles. The van der Waals surface area contributed by atoms with Gasteiger partial charge in [0.1, 0.15) is 5.92 Å². The van der Waals surface area contributed by atoms with Gasteiger partial charge in [0, 0.05) is 19.1 Å². The number of likely N-dealkylation sites (tertiary alicyclic amines) is 2. The Morgan fingerprint density at radius 1 is 1.32 bits per heavy atom. The summed E-state index contributed by atoms with van der Waals surface area (Å²) in [5, 5.41) is 9.17. The molecule has 3 atom stereocenters. The molecule has 0 saturated carbocycles. The average Bonchev–Trinajstić information content (AvgIpc) is 2.39. The van der Waals surface area contributed by atoms with Crippen molar-refractivity contribution in [3.63, 3.8) is 0 Å². The molecular weight excluding hydrogens is 238 g/mol. The van der Waals surface area contributed by atoms with Crippen LogP contribution < -0.4 is 0 Å². The summed E-state index contributed by atoms with van der Waals surface area (Å²) >= 11 is 0. The summed E-state index contributed by atoms with van der Waals surface area (Å²) in [6.45, 7) is 6.75. The molecule has 2 saturated heterocycles. The first kappa shape index (κ1) is 14.3. The fourth-order valence-corrected chi connectivity index (χ4v) is 3.54. The highest BCUT2D eigenvalue weighted by Crippen LogP contribution is 2.30. The van der Waals surface area contributed by atoms with E-state index in [4.69, 9.17) is 5.26 Å². The first-order chi connectivity index (χ1) is 9.04. The Morgan fingerprint density at radius 3 is 2.68 bits per heavy atom. The van der Waals surface area contributed by atoms with E-state index < -0.39 is 5.92 Å². The van der Waals surface area contributed by atoms with Crippen molar-refractivity contribution in [1.29, 1.82) is 5.26 Å². The van der Waals surface area contributed by atoms with Crippen molar-refractivity contribution in [3.8, 4) is 6.07 Å². The van der Waals surface area contributed by atoms with Gasteiger partial charge in [0.15, 0.2) is 0 Å². The standard InChI is InChI=1S/C15H25N3O/c1-11(2)13(9-16)15(19)18-8-6-14-12(10-18)5-4-7-17(14)3/h11-14H,4-8,10H2,1-3H3. The van der Waals surface area contributed by atoms with Crippen molar-refractivity contribution < 1.29 is 4.79 Å². The fraction of sp³-hybridized carbons (Fsp3) is 0.867. The Bertz CT molecular complexity index is 374. The van der Waals surface area contributed by atoms with Gasteiger partial charge < -0.3 is 9.80 Å². The van der Waals surface area contributed by atoms with Gasteiger partial charge in [-0.05, 0) is 44.7 Å². The van der Waals surface area contributed by atoms with E-state index in [-0.39, 0.29) is 11.8 Å². The topological polar surface area (TPSA) is 47.3 Å². The van der Waals surface area contributed by atoms with Crippen molar-refractivity contribution in [2.24, 2.45) is 17.8 Å². The molecule has 0 aromatic rings. The number of nitriles is 1. The van der Waals surface area contributed by atoms with Crippen LogP contribution in [0.5, 0.6) is 0 Å². The van der Waals surface area contributed by atoms with Gasteiger partial charge in [0.25, 0.3) is 0 Å². The van der Waals surface area contributed by atoms with Gasteiger partial charge in [0.05, 0.1) is 6.07 Å². The molecule has 2 fully saturated rings. The van der Waals surface area contributed by atoms with Gasteiger partial charge in [0.2, 0.25) is 5.91 Å². The van der Waals surface area contributed by atoms with E-state index >= 15 is 0 Å². The molecule has 4 heteroatoms. The maximum Gasteiger partial charge on any atom is 0.240 e. The van der Waals surface area contributed by atoms with Crippen molar-refractivity contribution in [1.82, 2.24) is 9.80 Å². The Morgan fingerprint density at radius 2 is 2.05 bits per heavy atom. The molecule has 19 heavy (non-hydrogen) atoms. The molecule has 2 rings (SSSR count). The van der Waals surface area contributed by atoms with E-state index in [9.17, 15) is 4.79 Å². The Labute approximate surface area is 116 Å². The van der Waals surface area contributed by atoms with Crippen LogP contribution in [-0.2, 0) is 4.79 Å². The molecule has 0 N–H and O–H groups in total. The summed E-state index contributed by atoms with van der Waals surface area (Å²) in [4.78, 5) is 16.8. The number of fused-ring (bicyclic) bond motifs is 1. The van der Waals surface area contributed by atoms with E-state index in [0.29, 0.717) is 12.0 Å². The largest absolute Gasteiger partial charge is 0.341 e. The van der Waals surface area contributed by atoms with Crippen LogP contribution in [0.4, 0.5) is 0 Å². The molecule has 0 spiro atoms. The molecule has 0 aliphatic carbocycles. The third-order valence-corrected chi connectivity index (χ3v) is 4.73. The Balaban J connectivity index is 2.01. The first-order valence-electron chi connectivity index (χ1n) is 7.43. The van der Waals surface area contributed by atoms with Crippen molar-refractivity contribution in [2.75, 3.05) is 26.7 Å². The van der Waals surface area contributed by atoms with E-state index in [1.54, 1.807) is 0 Å². The van der Waals surface area contributed by atoms with Gasteiger partial charge in [-0.1, -0.05) is 13.8 Å². The first-order valence-corrected chi connectivity index (χ1v) is 7.43. The van der Waals surface area contributed by atoms with Crippen LogP contribution >= 0.6 is 0 Å². The second kappa shape index (κ2) is 5.92. The van der Waals surface area contributed by atoms with Gasteiger partial charge in [-0.2, -0.15) is 5.26 Å². The second-order valence-electron chi connectivity index (χ2n) is 6.37. The van der Waals surface area contributed by atoms with Gasteiger partial charge >= 0.3 is 0 Å². The van der Waals surface area contributed by atoms with Crippen LogP contribution in [-0.4, -0.2) is 48.4 Å². The predicted molar refractivity (Wildman–Crippen MR) is 74.3 cm³/mol. The zero-order valence-corrected chi connectivity index (χ0v) is 12.3. The monoisotopic (exact) mass is 263 g/mol. The molecule has 2 aliphatic heterocycles. The highest BCUT2D eigenvalue weighted by molar-refractivity contribution is 5.81. The predicted octanol–water partition coefficient (Wildman–Crippen LogP) is 1.72. The Kier molecular flexibility index (Phi) is 4.46. The minimum absolute atomic E-state index is 0.0455. The van der Waals surface area contributed by atoms with Crippen LogP contribution in [0.1, 0.15) is 33.1 Å². The number of carbonyl (C=O) groups excluding carboxylic acids is 1. The lowest BCUT2D eigenvalue weighted by Crippen LogP contribution is -2.55. The Hall–Kier alpha value is -1.08. The number of hydrogen-bond donors (Lipinski definition) is 0. The summed E-state index contributed by atoms with van der Waals surface area (Å²) in [6, 6.07) is 2.81. The van der Waals surface area contributed by atoms with Gasteiger partial charge in [-0.3, -0.25) is 4.79 Å². The number of piperidine rings is 2. The summed E-state index contributed by atoms with van der Waals surface area (Å²) in [5.74, 6) is 0.272. The lowest BCUT2D eigenvalue weighted by Gasteiger charge is -2.46. The summed E-state index contributed by atoms with van der Waals surface area (Å²) in [5.41, 5.74) is 0. The molecular formula is C15H25N3O. The van der Waals surface area contributed by atoms with Gasteiger partial charge in [-0.25, -0.2) is 0 Å². The highest BCUT2D eigenvalue weighted by atomic mass is 16.2. The van der Waals surface area contributed by atoms with E-state index in [2.05, 4.69) is 18.0 Å². The van der Waals surface area contributed by atoms with E-state index in [1.807, 2.05) is 18.7 Å². The number of carbonyl (C=O) groups is 1. The molecule has 1 amide bonds. The molecule has 4 nitrogen and oxygen atoms in total. The summed E-state index contributed by atoms with van der Waals surface area (Å²) in [6.07, 6.45) is 3.51. The molecule has 2 aliphatic rings.